The van der Waals surface area contributed by atoms with Gasteiger partial charge >= 0.3 is 5.97 Å². The van der Waals surface area contributed by atoms with Crippen LogP contribution in [0.4, 0.5) is 0 Å². The Kier molecular flexibility index (Phi) is 3.30. The summed E-state index contributed by atoms with van der Waals surface area (Å²) < 4.78 is 0. The summed E-state index contributed by atoms with van der Waals surface area (Å²) in [5.41, 5.74) is 0.905. The van der Waals surface area contributed by atoms with Crippen LogP contribution in [0, 0.1) is 0 Å². The van der Waals surface area contributed by atoms with Gasteiger partial charge in [-0.1, -0.05) is 30.0 Å². The largest absolute Gasteiger partial charge is 0.477 e. The third kappa shape index (κ3) is 2.46. The van der Waals surface area contributed by atoms with E-state index in [2.05, 4.69) is 15.0 Å². The van der Waals surface area contributed by atoms with Crippen molar-refractivity contribution in [2.24, 2.45) is 0 Å². The summed E-state index contributed by atoms with van der Waals surface area (Å²) in [5, 5.41) is 10.6. The molecule has 2 heterocycles. The lowest BCUT2D eigenvalue weighted by Crippen LogP contribution is -1.98. The Labute approximate surface area is 118 Å². The number of hydrogen-bond donors (Lipinski definition) is 1. The molecule has 20 heavy (non-hydrogen) atoms. The first-order valence-electron chi connectivity index (χ1n) is 5.81. The summed E-state index contributed by atoms with van der Waals surface area (Å²) in [5.74, 6) is -1.03. The molecule has 0 unspecified atom stereocenters. The number of benzene rings is 1. The Morgan fingerprint density at radius 3 is 2.65 bits per heavy atom. The van der Waals surface area contributed by atoms with Crippen LogP contribution in [0.1, 0.15) is 10.5 Å². The van der Waals surface area contributed by atoms with Gasteiger partial charge in [-0.3, -0.25) is 0 Å². The number of carboxylic acid groups (broad SMARTS) is 1. The zero-order chi connectivity index (χ0) is 13.9. The second-order valence-electron chi connectivity index (χ2n) is 3.98. The van der Waals surface area contributed by atoms with Crippen molar-refractivity contribution in [1.82, 2.24) is 15.0 Å². The Morgan fingerprint density at radius 1 is 1.05 bits per heavy atom. The molecular weight excluding hydrogens is 274 g/mol. The van der Waals surface area contributed by atoms with Crippen LogP contribution in [-0.4, -0.2) is 26.0 Å². The topological polar surface area (TPSA) is 76.0 Å². The average molecular weight is 283 g/mol. The van der Waals surface area contributed by atoms with Gasteiger partial charge in [0.1, 0.15) is 17.0 Å². The molecule has 3 rings (SSSR count). The minimum absolute atomic E-state index is 0.0295. The van der Waals surface area contributed by atoms with Gasteiger partial charge in [0, 0.05) is 16.5 Å². The van der Waals surface area contributed by atoms with E-state index in [1.54, 1.807) is 6.07 Å². The van der Waals surface area contributed by atoms with E-state index in [9.17, 15) is 4.79 Å². The number of aromatic carboxylic acids is 1. The first kappa shape index (κ1) is 12.6. The molecule has 6 heteroatoms. The quantitative estimate of drug-likeness (QED) is 0.745. The van der Waals surface area contributed by atoms with Gasteiger partial charge in [-0.2, -0.15) is 0 Å². The standard InChI is InChI=1S/C14H9N3O2S/c18-14(19)12-6-5-9(7-15-12)20-13-10-3-1-2-4-11(10)16-8-17-13/h1-8H,(H,18,19). The molecule has 0 saturated carbocycles. The first-order valence-corrected chi connectivity index (χ1v) is 6.62. The molecule has 0 spiro atoms. The fraction of sp³-hybridized carbons (Fsp3) is 0. The SMILES string of the molecule is O=C(O)c1ccc(Sc2ncnc3ccccc23)cn1. The molecule has 0 saturated heterocycles. The van der Waals surface area contributed by atoms with E-state index in [0.29, 0.717) is 0 Å². The van der Waals surface area contributed by atoms with Gasteiger partial charge in [0.15, 0.2) is 0 Å². The molecule has 0 aliphatic rings. The molecule has 0 fully saturated rings. The maximum atomic E-state index is 10.8. The van der Waals surface area contributed by atoms with Crippen LogP contribution in [-0.2, 0) is 0 Å². The number of carbonyl (C=O) groups is 1. The summed E-state index contributed by atoms with van der Waals surface area (Å²) >= 11 is 1.43. The lowest BCUT2D eigenvalue weighted by Gasteiger charge is -2.04. The summed E-state index contributed by atoms with van der Waals surface area (Å²) in [7, 11) is 0. The highest BCUT2D eigenvalue weighted by Crippen LogP contribution is 2.30. The van der Waals surface area contributed by atoms with Crippen molar-refractivity contribution in [3.63, 3.8) is 0 Å². The summed E-state index contributed by atoms with van der Waals surface area (Å²) in [6.07, 6.45) is 3.05. The lowest BCUT2D eigenvalue weighted by atomic mass is 10.2. The van der Waals surface area contributed by atoms with Crippen molar-refractivity contribution < 1.29 is 9.90 Å². The van der Waals surface area contributed by atoms with Crippen molar-refractivity contribution in [2.75, 3.05) is 0 Å². The Balaban J connectivity index is 1.95. The summed E-state index contributed by atoms with van der Waals surface area (Å²) in [6, 6.07) is 10.9. The Morgan fingerprint density at radius 2 is 1.90 bits per heavy atom. The van der Waals surface area contributed by atoms with E-state index in [0.717, 1.165) is 20.8 Å². The Bertz CT molecular complexity index is 769. The Hall–Kier alpha value is -2.47. The number of nitrogens with zero attached hydrogens (tertiary/aromatic N) is 3. The summed E-state index contributed by atoms with van der Waals surface area (Å²) in [6.45, 7) is 0. The zero-order valence-electron chi connectivity index (χ0n) is 10.2. The van der Waals surface area contributed by atoms with Crippen molar-refractivity contribution in [3.8, 4) is 0 Å². The fourth-order valence-electron chi connectivity index (χ4n) is 1.74. The van der Waals surface area contributed by atoms with E-state index in [-0.39, 0.29) is 5.69 Å². The van der Waals surface area contributed by atoms with Gasteiger partial charge in [0.2, 0.25) is 0 Å². The van der Waals surface area contributed by atoms with Crippen LogP contribution in [0.3, 0.4) is 0 Å². The fourth-order valence-corrected chi connectivity index (χ4v) is 2.59. The molecule has 1 N–H and O–H groups in total. The number of para-hydroxylation sites is 1. The highest BCUT2D eigenvalue weighted by Gasteiger charge is 2.07. The molecule has 1 aromatic carbocycles. The van der Waals surface area contributed by atoms with E-state index >= 15 is 0 Å². The van der Waals surface area contributed by atoms with Crippen molar-refractivity contribution in [1.29, 1.82) is 0 Å². The monoisotopic (exact) mass is 283 g/mol. The summed E-state index contributed by atoms with van der Waals surface area (Å²) in [4.78, 5) is 23.9. The molecule has 3 aromatic rings. The van der Waals surface area contributed by atoms with Crippen molar-refractivity contribution in [2.45, 2.75) is 9.92 Å². The molecule has 0 aliphatic carbocycles. The predicted octanol–water partition coefficient (Wildman–Crippen LogP) is 2.87. The van der Waals surface area contributed by atoms with Gasteiger partial charge in [-0.05, 0) is 18.2 Å². The molecular formula is C14H9N3O2S. The minimum atomic E-state index is -1.03. The number of hydrogen-bond acceptors (Lipinski definition) is 5. The molecule has 5 nitrogen and oxygen atoms in total. The van der Waals surface area contributed by atoms with Crippen LogP contribution in [0.25, 0.3) is 10.9 Å². The molecule has 2 aromatic heterocycles. The smallest absolute Gasteiger partial charge is 0.354 e. The maximum absolute atomic E-state index is 10.8. The predicted molar refractivity (Wildman–Crippen MR) is 74.9 cm³/mol. The van der Waals surface area contributed by atoms with Gasteiger partial charge in [-0.25, -0.2) is 19.7 Å². The molecule has 98 valence electrons. The lowest BCUT2D eigenvalue weighted by molar-refractivity contribution is 0.0690. The van der Waals surface area contributed by atoms with E-state index in [1.807, 2.05) is 24.3 Å². The second kappa shape index (κ2) is 5.26. The van der Waals surface area contributed by atoms with Gasteiger partial charge in [0.25, 0.3) is 0 Å². The van der Waals surface area contributed by atoms with Crippen molar-refractivity contribution in [3.05, 3.63) is 54.6 Å². The van der Waals surface area contributed by atoms with Crippen LogP contribution in [0.2, 0.25) is 0 Å². The number of carboxylic acids is 1. The van der Waals surface area contributed by atoms with Gasteiger partial charge in [-0.15, -0.1) is 0 Å². The molecule has 0 atom stereocenters. The number of rotatable bonds is 3. The van der Waals surface area contributed by atoms with Crippen molar-refractivity contribution >= 4 is 28.6 Å². The third-order valence-corrected chi connectivity index (χ3v) is 3.67. The highest BCUT2D eigenvalue weighted by atomic mass is 32.2. The molecule has 0 amide bonds. The minimum Gasteiger partial charge on any atom is -0.477 e. The number of fused-ring (bicyclic) bond motifs is 1. The van der Waals surface area contributed by atoms with Crippen LogP contribution in [0.5, 0.6) is 0 Å². The van der Waals surface area contributed by atoms with Crippen LogP contribution in [0.15, 0.2) is 58.8 Å². The average Bonchev–Trinajstić information content (AvgIpc) is 2.48. The third-order valence-electron chi connectivity index (χ3n) is 2.68. The van der Waals surface area contributed by atoms with E-state index < -0.39 is 5.97 Å². The second-order valence-corrected chi connectivity index (χ2v) is 5.04. The van der Waals surface area contributed by atoms with Gasteiger partial charge in [0.05, 0.1) is 5.52 Å². The van der Waals surface area contributed by atoms with E-state index in [1.165, 1.54) is 30.4 Å². The molecule has 0 bridgehead atoms. The zero-order valence-corrected chi connectivity index (χ0v) is 11.0. The molecule has 0 radical (unpaired) electrons. The first-order chi connectivity index (χ1) is 9.74. The normalized spacial score (nSPS) is 10.6. The number of pyridine rings is 1. The highest BCUT2D eigenvalue weighted by molar-refractivity contribution is 7.99. The van der Waals surface area contributed by atoms with Gasteiger partial charge < -0.3 is 5.11 Å². The van der Waals surface area contributed by atoms with Crippen LogP contribution >= 0.6 is 11.8 Å². The maximum Gasteiger partial charge on any atom is 0.354 e. The van der Waals surface area contributed by atoms with Crippen LogP contribution < -0.4 is 0 Å². The number of aromatic nitrogens is 3. The molecule has 0 aliphatic heterocycles. The van der Waals surface area contributed by atoms with E-state index in [4.69, 9.17) is 5.11 Å².